The number of hydrogen-bond acceptors (Lipinski definition) is 4. The Morgan fingerprint density at radius 3 is 2.75 bits per heavy atom. The first-order valence-corrected chi connectivity index (χ1v) is 8.58. The van der Waals surface area contributed by atoms with E-state index in [2.05, 4.69) is 9.82 Å². The first-order valence-electron chi connectivity index (χ1n) is 6.93. The molecule has 1 aliphatic carbocycles. The maximum absolute atomic E-state index is 11.9. The van der Waals surface area contributed by atoms with Crippen molar-refractivity contribution < 1.29 is 13.2 Å². The van der Waals surface area contributed by atoms with Crippen molar-refractivity contribution >= 4 is 15.9 Å². The lowest BCUT2D eigenvalue weighted by Gasteiger charge is -2.24. The summed E-state index contributed by atoms with van der Waals surface area (Å²) >= 11 is 0. The number of carbonyl (C=O) groups is 1. The molecule has 6 nitrogen and oxygen atoms in total. The molecule has 112 valence electrons. The van der Waals surface area contributed by atoms with E-state index in [0.717, 1.165) is 19.3 Å². The number of nitrogens with zero attached hydrogens (tertiary/aromatic N) is 2. The molecule has 0 bridgehead atoms. The number of sulfonamides is 1. The third kappa shape index (κ3) is 4.06. The molecule has 2 rings (SSSR count). The van der Waals surface area contributed by atoms with Crippen LogP contribution in [0.25, 0.3) is 0 Å². The number of carbonyl (C=O) groups excluding carboxylic acids is 1. The van der Waals surface area contributed by atoms with E-state index in [-0.39, 0.29) is 17.2 Å². The fourth-order valence-electron chi connectivity index (χ4n) is 2.17. The van der Waals surface area contributed by atoms with E-state index >= 15 is 0 Å². The molecule has 7 heteroatoms. The van der Waals surface area contributed by atoms with Gasteiger partial charge >= 0.3 is 0 Å². The van der Waals surface area contributed by atoms with Gasteiger partial charge in [-0.3, -0.25) is 9.48 Å². The maximum atomic E-state index is 11.9. The Morgan fingerprint density at radius 1 is 1.50 bits per heavy atom. The van der Waals surface area contributed by atoms with E-state index < -0.39 is 15.9 Å². The summed E-state index contributed by atoms with van der Waals surface area (Å²) in [5, 5.41) is 4.06. The number of nitrogens with one attached hydrogen (secondary N) is 1. The van der Waals surface area contributed by atoms with Gasteiger partial charge in [-0.05, 0) is 24.7 Å². The normalized spacial score (nSPS) is 16.1. The molecule has 1 aliphatic rings. The first kappa shape index (κ1) is 15.0. The Labute approximate surface area is 119 Å². The number of aromatic nitrogens is 2. The molecule has 0 radical (unpaired) electrons. The molecule has 1 saturated carbocycles. The number of amides is 1. The average molecular weight is 299 g/mol. The Morgan fingerprint density at radius 2 is 2.20 bits per heavy atom. The van der Waals surface area contributed by atoms with Crippen LogP contribution in [0.1, 0.15) is 43.5 Å². The second-order valence-electron chi connectivity index (χ2n) is 5.85. The van der Waals surface area contributed by atoms with Gasteiger partial charge in [-0.2, -0.15) is 5.10 Å². The van der Waals surface area contributed by atoms with Crippen molar-refractivity contribution in [2.75, 3.05) is 5.75 Å². The van der Waals surface area contributed by atoms with Crippen LogP contribution in [0.3, 0.4) is 0 Å². The van der Waals surface area contributed by atoms with Crippen LogP contribution in [-0.4, -0.2) is 29.9 Å². The van der Waals surface area contributed by atoms with Gasteiger partial charge in [-0.25, -0.2) is 13.1 Å². The van der Waals surface area contributed by atoms with Crippen LogP contribution in [-0.2, 0) is 16.6 Å². The highest BCUT2D eigenvalue weighted by Gasteiger charge is 2.26. The van der Waals surface area contributed by atoms with Gasteiger partial charge in [-0.1, -0.05) is 20.3 Å². The largest absolute Gasteiger partial charge is 0.272 e. The molecule has 0 atom stereocenters. The van der Waals surface area contributed by atoms with Crippen molar-refractivity contribution in [3.63, 3.8) is 0 Å². The van der Waals surface area contributed by atoms with Crippen LogP contribution in [0.5, 0.6) is 0 Å². The highest BCUT2D eigenvalue weighted by Crippen LogP contribution is 2.27. The van der Waals surface area contributed by atoms with Gasteiger partial charge in [0.1, 0.15) is 0 Å². The molecule has 1 heterocycles. The molecule has 1 fully saturated rings. The SMILES string of the molecule is CC(C)Cn1cc(C(=O)NS(=O)(=O)CC2CCC2)cn1. The first-order chi connectivity index (χ1) is 9.35. The molecule has 1 N–H and O–H groups in total. The van der Waals surface area contributed by atoms with Crippen LogP contribution in [0.4, 0.5) is 0 Å². The van der Waals surface area contributed by atoms with E-state index in [1.54, 1.807) is 10.9 Å². The summed E-state index contributed by atoms with van der Waals surface area (Å²) in [6.45, 7) is 4.79. The molecule has 1 amide bonds. The highest BCUT2D eigenvalue weighted by molar-refractivity contribution is 7.90. The third-order valence-corrected chi connectivity index (χ3v) is 4.78. The van der Waals surface area contributed by atoms with Crippen molar-refractivity contribution in [3.05, 3.63) is 18.0 Å². The molecule has 0 saturated heterocycles. The van der Waals surface area contributed by atoms with Crippen molar-refractivity contribution in [3.8, 4) is 0 Å². The van der Waals surface area contributed by atoms with E-state index in [1.165, 1.54) is 6.20 Å². The Bertz CT molecular complexity index is 573. The topological polar surface area (TPSA) is 81.1 Å². The third-order valence-electron chi connectivity index (χ3n) is 3.38. The summed E-state index contributed by atoms with van der Waals surface area (Å²) in [6.07, 6.45) is 5.92. The van der Waals surface area contributed by atoms with Gasteiger partial charge in [0.05, 0.1) is 17.5 Å². The average Bonchev–Trinajstić information content (AvgIpc) is 2.71. The van der Waals surface area contributed by atoms with Crippen molar-refractivity contribution in [2.45, 2.75) is 39.7 Å². The Balaban J connectivity index is 1.95. The summed E-state index contributed by atoms with van der Waals surface area (Å²) < 4.78 is 27.5. The van der Waals surface area contributed by atoms with Crippen LogP contribution >= 0.6 is 0 Å². The van der Waals surface area contributed by atoms with E-state index in [9.17, 15) is 13.2 Å². The maximum Gasteiger partial charge on any atom is 0.267 e. The minimum atomic E-state index is -3.54. The van der Waals surface area contributed by atoms with Gasteiger partial charge < -0.3 is 0 Å². The van der Waals surface area contributed by atoms with Gasteiger partial charge in [0, 0.05) is 12.7 Å². The van der Waals surface area contributed by atoms with Crippen LogP contribution in [0.2, 0.25) is 0 Å². The van der Waals surface area contributed by atoms with Gasteiger partial charge in [0.2, 0.25) is 10.0 Å². The predicted octanol–water partition coefficient (Wildman–Crippen LogP) is 1.40. The monoisotopic (exact) mass is 299 g/mol. The molecule has 1 aromatic heterocycles. The zero-order valence-electron chi connectivity index (χ0n) is 11.9. The molecular weight excluding hydrogens is 278 g/mol. The lowest BCUT2D eigenvalue weighted by atomic mass is 9.87. The van der Waals surface area contributed by atoms with Gasteiger partial charge in [0.15, 0.2) is 0 Å². The molecule has 0 aliphatic heterocycles. The summed E-state index contributed by atoms with van der Waals surface area (Å²) in [4.78, 5) is 11.9. The second kappa shape index (κ2) is 5.95. The zero-order chi connectivity index (χ0) is 14.8. The van der Waals surface area contributed by atoms with Gasteiger partial charge in [-0.15, -0.1) is 0 Å². The molecule has 0 spiro atoms. The smallest absolute Gasteiger partial charge is 0.267 e. The predicted molar refractivity (Wildman–Crippen MR) is 75.7 cm³/mol. The Hall–Kier alpha value is -1.37. The summed E-state index contributed by atoms with van der Waals surface area (Å²) in [5.41, 5.74) is 0.280. The standard InChI is InChI=1S/C13H21N3O3S/c1-10(2)7-16-8-12(6-14-16)13(17)15-20(18,19)9-11-4-3-5-11/h6,8,10-11H,3-5,7,9H2,1-2H3,(H,15,17). The van der Waals surface area contributed by atoms with E-state index in [0.29, 0.717) is 12.5 Å². The lowest BCUT2D eigenvalue weighted by molar-refractivity contribution is 0.0981. The zero-order valence-corrected chi connectivity index (χ0v) is 12.7. The summed E-state index contributed by atoms with van der Waals surface area (Å²) in [5.74, 6) is 0.0512. The van der Waals surface area contributed by atoms with Crippen molar-refractivity contribution in [1.29, 1.82) is 0 Å². The quantitative estimate of drug-likeness (QED) is 0.861. The molecule has 20 heavy (non-hydrogen) atoms. The minimum Gasteiger partial charge on any atom is -0.272 e. The fraction of sp³-hybridized carbons (Fsp3) is 0.692. The lowest BCUT2D eigenvalue weighted by Crippen LogP contribution is -2.36. The minimum absolute atomic E-state index is 0.0405. The van der Waals surface area contributed by atoms with Crippen LogP contribution in [0, 0.1) is 11.8 Å². The fourth-order valence-corrected chi connectivity index (χ4v) is 3.60. The van der Waals surface area contributed by atoms with Crippen molar-refractivity contribution in [2.24, 2.45) is 11.8 Å². The number of hydrogen-bond donors (Lipinski definition) is 1. The van der Waals surface area contributed by atoms with E-state index in [1.807, 2.05) is 13.8 Å². The molecule has 0 unspecified atom stereocenters. The summed E-state index contributed by atoms with van der Waals surface area (Å²) in [7, 11) is -3.54. The highest BCUT2D eigenvalue weighted by atomic mass is 32.2. The van der Waals surface area contributed by atoms with Crippen LogP contribution < -0.4 is 4.72 Å². The van der Waals surface area contributed by atoms with Gasteiger partial charge in [0.25, 0.3) is 5.91 Å². The summed E-state index contributed by atoms with van der Waals surface area (Å²) in [6, 6.07) is 0. The number of rotatable bonds is 6. The molecule has 1 aromatic rings. The Kier molecular flexibility index (Phi) is 4.47. The van der Waals surface area contributed by atoms with Crippen LogP contribution in [0.15, 0.2) is 12.4 Å². The van der Waals surface area contributed by atoms with Crippen molar-refractivity contribution in [1.82, 2.24) is 14.5 Å². The van der Waals surface area contributed by atoms with E-state index in [4.69, 9.17) is 0 Å². The molecule has 0 aromatic carbocycles. The second-order valence-corrected chi connectivity index (χ2v) is 7.62. The molecular formula is C13H21N3O3S.